The van der Waals surface area contributed by atoms with Crippen LogP contribution in [0.3, 0.4) is 0 Å². The molecule has 1 unspecified atom stereocenters. The highest BCUT2D eigenvalue weighted by Gasteiger charge is 2.19. The molecule has 0 N–H and O–H groups in total. The number of esters is 3. The van der Waals surface area contributed by atoms with Gasteiger partial charge in [-0.1, -0.05) is 204 Å². The Kier molecular flexibility index (Phi) is 48.8. The number of ether oxygens (including phenoxy) is 3. The summed E-state index contributed by atoms with van der Waals surface area (Å²) in [6.45, 7) is 6.51. The van der Waals surface area contributed by atoms with Gasteiger partial charge in [0, 0.05) is 19.3 Å². The monoisotopic (exact) mass is 869 g/mol. The molecular formula is C56H100O6. The molecular weight excluding hydrogens is 769 g/mol. The van der Waals surface area contributed by atoms with Gasteiger partial charge >= 0.3 is 17.9 Å². The summed E-state index contributed by atoms with van der Waals surface area (Å²) < 4.78 is 16.8. The molecule has 6 heteroatoms. The van der Waals surface area contributed by atoms with Crippen molar-refractivity contribution in [3.8, 4) is 0 Å². The van der Waals surface area contributed by atoms with E-state index in [4.69, 9.17) is 14.2 Å². The van der Waals surface area contributed by atoms with Crippen LogP contribution in [0.5, 0.6) is 0 Å². The standard InChI is InChI=1S/C56H100O6/c1-4-7-10-13-16-19-22-25-27-28-29-30-32-34-37-40-43-46-49-55(58)61-52-53(51-60-54(57)48-45-42-39-36-33-24-21-18-15-12-9-6-3)62-56(59)50-47-44-41-38-35-31-26-23-20-17-14-11-8-5-2/h9,12,18,21,29-31,35,53H,4-8,10-11,13-17,19-20,22-28,32-34,36-52H2,1-3H3/b12-9-,21-18-,30-29-,35-31-. The first-order valence-electron chi connectivity index (χ1n) is 26.6. The van der Waals surface area contributed by atoms with Crippen molar-refractivity contribution in [2.24, 2.45) is 0 Å². The summed E-state index contributed by atoms with van der Waals surface area (Å²) in [7, 11) is 0. The molecule has 0 saturated carbocycles. The number of carbonyl (C=O) groups is 3. The number of rotatable bonds is 48. The summed E-state index contributed by atoms with van der Waals surface area (Å²) in [5, 5.41) is 0. The Labute approximate surface area is 384 Å². The average molecular weight is 869 g/mol. The van der Waals surface area contributed by atoms with Gasteiger partial charge in [-0.15, -0.1) is 0 Å². The molecule has 0 aliphatic rings. The number of hydrogen-bond donors (Lipinski definition) is 0. The van der Waals surface area contributed by atoms with Gasteiger partial charge in [0.2, 0.25) is 0 Å². The van der Waals surface area contributed by atoms with Crippen molar-refractivity contribution in [1.82, 2.24) is 0 Å². The maximum absolute atomic E-state index is 12.8. The Morgan fingerprint density at radius 3 is 1.00 bits per heavy atom. The SMILES string of the molecule is CC/C=C\C/C=C\CCCCCCCC(=O)OCC(COC(=O)CCCCCCC/C=C\CCCCCCCCCCC)OC(=O)CCCCC/C=C\CCCCCCCCC. The third-order valence-corrected chi connectivity index (χ3v) is 11.5. The van der Waals surface area contributed by atoms with E-state index in [1.807, 2.05) is 0 Å². The van der Waals surface area contributed by atoms with Crippen molar-refractivity contribution in [1.29, 1.82) is 0 Å². The van der Waals surface area contributed by atoms with E-state index in [-0.39, 0.29) is 31.1 Å². The quantitative estimate of drug-likeness (QED) is 0.0262. The summed E-state index contributed by atoms with van der Waals surface area (Å²) in [5.41, 5.74) is 0. The maximum atomic E-state index is 12.8. The van der Waals surface area contributed by atoms with Crippen LogP contribution < -0.4 is 0 Å². The Bertz CT molecular complexity index is 1090. The molecule has 0 heterocycles. The van der Waals surface area contributed by atoms with Gasteiger partial charge in [0.1, 0.15) is 13.2 Å². The molecule has 0 aromatic carbocycles. The normalized spacial score (nSPS) is 12.4. The fourth-order valence-electron chi connectivity index (χ4n) is 7.53. The van der Waals surface area contributed by atoms with E-state index < -0.39 is 6.10 Å². The highest BCUT2D eigenvalue weighted by molar-refractivity contribution is 5.71. The summed E-state index contributed by atoms with van der Waals surface area (Å²) in [5.74, 6) is -0.919. The third kappa shape index (κ3) is 48.4. The fourth-order valence-corrected chi connectivity index (χ4v) is 7.53. The van der Waals surface area contributed by atoms with E-state index in [1.165, 1.54) is 122 Å². The molecule has 0 aliphatic carbocycles. The Balaban J connectivity index is 4.37. The number of hydrogen-bond acceptors (Lipinski definition) is 6. The zero-order valence-electron chi connectivity index (χ0n) is 41.1. The lowest BCUT2D eigenvalue weighted by molar-refractivity contribution is -0.167. The van der Waals surface area contributed by atoms with E-state index >= 15 is 0 Å². The number of carbonyl (C=O) groups excluding carboxylic acids is 3. The van der Waals surface area contributed by atoms with Crippen LogP contribution in [0.15, 0.2) is 48.6 Å². The highest BCUT2D eigenvalue weighted by Crippen LogP contribution is 2.14. The van der Waals surface area contributed by atoms with E-state index in [9.17, 15) is 14.4 Å². The summed E-state index contributed by atoms with van der Waals surface area (Å²) in [6, 6.07) is 0. The van der Waals surface area contributed by atoms with Crippen LogP contribution in [0.4, 0.5) is 0 Å². The second-order valence-corrected chi connectivity index (χ2v) is 17.7. The summed E-state index contributed by atoms with van der Waals surface area (Å²) >= 11 is 0. The number of allylic oxidation sites excluding steroid dienone is 8. The van der Waals surface area contributed by atoms with Gasteiger partial charge in [0.25, 0.3) is 0 Å². The average Bonchev–Trinajstić information content (AvgIpc) is 3.27. The minimum atomic E-state index is -0.788. The fraction of sp³-hybridized carbons (Fsp3) is 0.804. The van der Waals surface area contributed by atoms with Crippen LogP contribution in [0.2, 0.25) is 0 Å². The molecule has 1 atom stereocenters. The smallest absolute Gasteiger partial charge is 0.306 e. The van der Waals surface area contributed by atoms with Crippen molar-refractivity contribution in [2.75, 3.05) is 13.2 Å². The molecule has 360 valence electrons. The molecule has 0 aromatic rings. The van der Waals surface area contributed by atoms with Crippen molar-refractivity contribution >= 4 is 17.9 Å². The predicted molar refractivity (Wildman–Crippen MR) is 265 cm³/mol. The first kappa shape index (κ1) is 59.4. The Morgan fingerprint density at radius 1 is 0.339 bits per heavy atom. The molecule has 0 aliphatic heterocycles. The lowest BCUT2D eigenvalue weighted by Crippen LogP contribution is -2.30. The van der Waals surface area contributed by atoms with Gasteiger partial charge in [-0.25, -0.2) is 0 Å². The maximum Gasteiger partial charge on any atom is 0.306 e. The minimum Gasteiger partial charge on any atom is -0.462 e. The van der Waals surface area contributed by atoms with Gasteiger partial charge in [-0.05, 0) is 96.3 Å². The predicted octanol–water partition coefficient (Wildman–Crippen LogP) is 17.5. The van der Waals surface area contributed by atoms with Crippen molar-refractivity contribution < 1.29 is 28.6 Å². The summed E-state index contributed by atoms with van der Waals surface area (Å²) in [6.07, 6.45) is 61.0. The van der Waals surface area contributed by atoms with Crippen LogP contribution in [0, 0.1) is 0 Å². The molecule has 6 nitrogen and oxygen atoms in total. The minimum absolute atomic E-state index is 0.0872. The van der Waals surface area contributed by atoms with Crippen LogP contribution in [-0.4, -0.2) is 37.2 Å². The van der Waals surface area contributed by atoms with Crippen molar-refractivity contribution in [3.63, 3.8) is 0 Å². The molecule has 0 aromatic heterocycles. The van der Waals surface area contributed by atoms with Gasteiger partial charge < -0.3 is 14.2 Å². The van der Waals surface area contributed by atoms with Gasteiger partial charge in [0.05, 0.1) is 0 Å². The molecule has 62 heavy (non-hydrogen) atoms. The van der Waals surface area contributed by atoms with Crippen LogP contribution in [0.1, 0.15) is 271 Å². The largest absolute Gasteiger partial charge is 0.462 e. The van der Waals surface area contributed by atoms with Crippen molar-refractivity contribution in [2.45, 2.75) is 277 Å². The zero-order chi connectivity index (χ0) is 45.1. The molecule has 0 bridgehead atoms. The molecule has 0 saturated heterocycles. The number of unbranched alkanes of at least 4 members (excludes halogenated alkanes) is 29. The molecule has 0 fully saturated rings. The van der Waals surface area contributed by atoms with E-state index in [1.54, 1.807) is 0 Å². The first-order valence-corrected chi connectivity index (χ1v) is 26.6. The van der Waals surface area contributed by atoms with E-state index in [0.29, 0.717) is 19.3 Å². The highest BCUT2D eigenvalue weighted by atomic mass is 16.6. The van der Waals surface area contributed by atoms with Crippen LogP contribution in [0.25, 0.3) is 0 Å². The van der Waals surface area contributed by atoms with Gasteiger partial charge in [-0.2, -0.15) is 0 Å². The van der Waals surface area contributed by atoms with Crippen LogP contribution >= 0.6 is 0 Å². The van der Waals surface area contributed by atoms with Gasteiger partial charge in [-0.3, -0.25) is 14.4 Å². The first-order chi connectivity index (χ1) is 30.5. The molecule has 0 rings (SSSR count). The van der Waals surface area contributed by atoms with Crippen LogP contribution in [-0.2, 0) is 28.6 Å². The second kappa shape index (κ2) is 51.0. The third-order valence-electron chi connectivity index (χ3n) is 11.5. The zero-order valence-corrected chi connectivity index (χ0v) is 41.1. The summed E-state index contributed by atoms with van der Waals surface area (Å²) in [4.78, 5) is 38.0. The van der Waals surface area contributed by atoms with E-state index in [2.05, 4.69) is 69.4 Å². The molecule has 0 amide bonds. The Hall–Kier alpha value is -2.63. The topological polar surface area (TPSA) is 78.9 Å². The van der Waals surface area contributed by atoms with E-state index in [0.717, 1.165) is 109 Å². The lowest BCUT2D eigenvalue weighted by atomic mass is 10.1. The second-order valence-electron chi connectivity index (χ2n) is 17.7. The molecule has 0 radical (unpaired) electrons. The molecule has 0 spiro atoms. The lowest BCUT2D eigenvalue weighted by Gasteiger charge is -2.18. The van der Waals surface area contributed by atoms with Gasteiger partial charge in [0.15, 0.2) is 6.10 Å². The van der Waals surface area contributed by atoms with Crippen molar-refractivity contribution in [3.05, 3.63) is 48.6 Å². The Morgan fingerprint density at radius 2 is 0.629 bits per heavy atom.